The molecule has 0 radical (unpaired) electrons. The zero-order valence-corrected chi connectivity index (χ0v) is 12.8. The molecule has 1 aliphatic rings. The Hall–Kier alpha value is -2.82. The second kappa shape index (κ2) is 6.12. The van der Waals surface area contributed by atoms with Gasteiger partial charge in [-0.1, -0.05) is 13.0 Å². The molecule has 23 heavy (non-hydrogen) atoms. The van der Waals surface area contributed by atoms with E-state index in [0.717, 1.165) is 12.2 Å². The predicted molar refractivity (Wildman–Crippen MR) is 87.9 cm³/mol. The first-order valence-electron chi connectivity index (χ1n) is 7.51. The zero-order valence-electron chi connectivity index (χ0n) is 12.8. The van der Waals surface area contributed by atoms with E-state index in [9.17, 15) is 9.59 Å². The van der Waals surface area contributed by atoms with E-state index >= 15 is 0 Å². The van der Waals surface area contributed by atoms with Gasteiger partial charge in [-0.2, -0.15) is 0 Å². The number of hydrogen-bond acceptors (Lipinski definition) is 3. The molecule has 1 aromatic heterocycles. The second-order valence-electron chi connectivity index (χ2n) is 5.83. The molecule has 0 saturated heterocycles. The van der Waals surface area contributed by atoms with Gasteiger partial charge in [0.1, 0.15) is 11.5 Å². The van der Waals surface area contributed by atoms with Crippen molar-refractivity contribution < 1.29 is 14.0 Å². The number of carbonyl (C=O) groups is 2. The molecule has 0 bridgehead atoms. The Morgan fingerprint density at radius 2 is 2.09 bits per heavy atom. The third-order valence-electron chi connectivity index (χ3n) is 3.94. The van der Waals surface area contributed by atoms with Gasteiger partial charge in [-0.05, 0) is 48.7 Å². The molecule has 1 fully saturated rings. The minimum Gasteiger partial charge on any atom is -0.461 e. The summed E-state index contributed by atoms with van der Waals surface area (Å²) >= 11 is 0. The predicted octanol–water partition coefficient (Wildman–Crippen LogP) is 3.15. The fourth-order valence-corrected chi connectivity index (χ4v) is 2.47. The SMILES string of the molecule is C[C@H]1C[C@@H]1c1ccc(/C=C/C(=O)Nc2cccc(C(N)=O)c2)o1. The first-order valence-corrected chi connectivity index (χ1v) is 7.51. The van der Waals surface area contributed by atoms with Gasteiger partial charge >= 0.3 is 0 Å². The fourth-order valence-electron chi connectivity index (χ4n) is 2.47. The maximum absolute atomic E-state index is 11.9. The molecule has 0 unspecified atom stereocenters. The number of primary amides is 1. The molecule has 1 heterocycles. The molecule has 1 aliphatic carbocycles. The molecule has 2 amide bonds. The van der Waals surface area contributed by atoms with Crippen LogP contribution >= 0.6 is 0 Å². The number of nitrogens with one attached hydrogen (secondary N) is 1. The number of anilines is 1. The summed E-state index contributed by atoms with van der Waals surface area (Å²) in [6.07, 6.45) is 4.19. The summed E-state index contributed by atoms with van der Waals surface area (Å²) in [4.78, 5) is 23.0. The zero-order chi connectivity index (χ0) is 16.4. The Morgan fingerprint density at radius 3 is 2.78 bits per heavy atom. The summed E-state index contributed by atoms with van der Waals surface area (Å²) < 4.78 is 5.70. The lowest BCUT2D eigenvalue weighted by Crippen LogP contribution is -2.12. The summed E-state index contributed by atoms with van der Waals surface area (Å²) in [6, 6.07) is 10.3. The Bertz CT molecular complexity index is 776. The quantitative estimate of drug-likeness (QED) is 0.832. The van der Waals surface area contributed by atoms with Crippen LogP contribution in [-0.4, -0.2) is 11.8 Å². The summed E-state index contributed by atoms with van der Waals surface area (Å²) in [5.41, 5.74) is 6.08. The molecule has 3 N–H and O–H groups in total. The van der Waals surface area contributed by atoms with Crippen molar-refractivity contribution in [2.75, 3.05) is 5.32 Å². The lowest BCUT2D eigenvalue weighted by Gasteiger charge is -2.03. The van der Waals surface area contributed by atoms with E-state index in [2.05, 4.69) is 12.2 Å². The molecule has 2 atom stereocenters. The number of hydrogen-bond donors (Lipinski definition) is 2. The molecule has 3 rings (SSSR count). The lowest BCUT2D eigenvalue weighted by molar-refractivity contribution is -0.111. The average Bonchev–Trinajstić information content (AvgIpc) is 3.07. The highest BCUT2D eigenvalue weighted by molar-refractivity contribution is 6.02. The standard InChI is InChI=1S/C18H18N2O3/c1-11-9-15(11)16-7-5-14(23-16)6-8-17(21)20-13-4-2-3-12(10-13)18(19)22/h2-8,10-11,15H,9H2,1H3,(H2,19,22)(H,20,21)/b8-6+/t11-,15-/m0/s1. The number of furan rings is 1. The van der Waals surface area contributed by atoms with Gasteiger partial charge in [0.05, 0.1) is 0 Å². The van der Waals surface area contributed by atoms with Crippen LogP contribution in [0.3, 0.4) is 0 Å². The Balaban J connectivity index is 1.61. The summed E-state index contributed by atoms with van der Waals surface area (Å²) in [7, 11) is 0. The minimum atomic E-state index is -0.533. The lowest BCUT2D eigenvalue weighted by atomic mass is 10.2. The van der Waals surface area contributed by atoms with Crippen molar-refractivity contribution in [2.45, 2.75) is 19.3 Å². The Labute approximate surface area is 134 Å². The first-order chi connectivity index (χ1) is 11.0. The van der Waals surface area contributed by atoms with E-state index < -0.39 is 5.91 Å². The molecular weight excluding hydrogens is 292 g/mol. The van der Waals surface area contributed by atoms with Crippen molar-refractivity contribution in [2.24, 2.45) is 11.7 Å². The summed E-state index contributed by atoms with van der Waals surface area (Å²) in [5.74, 6) is 1.99. The maximum Gasteiger partial charge on any atom is 0.248 e. The Kier molecular flexibility index (Phi) is 4.02. The molecule has 0 aliphatic heterocycles. The van der Waals surface area contributed by atoms with Crippen LogP contribution in [0.15, 0.2) is 46.9 Å². The third kappa shape index (κ3) is 3.69. The van der Waals surface area contributed by atoms with Crippen molar-refractivity contribution in [3.63, 3.8) is 0 Å². The second-order valence-corrected chi connectivity index (χ2v) is 5.83. The number of rotatable bonds is 5. The fraction of sp³-hybridized carbons (Fsp3) is 0.222. The van der Waals surface area contributed by atoms with Crippen LogP contribution in [0, 0.1) is 5.92 Å². The highest BCUT2D eigenvalue weighted by Gasteiger charge is 2.36. The Morgan fingerprint density at radius 1 is 1.30 bits per heavy atom. The molecule has 2 aromatic rings. The topological polar surface area (TPSA) is 85.3 Å². The van der Waals surface area contributed by atoms with Gasteiger partial charge in [0.15, 0.2) is 0 Å². The van der Waals surface area contributed by atoms with Gasteiger partial charge in [-0.3, -0.25) is 9.59 Å². The van der Waals surface area contributed by atoms with Crippen LogP contribution in [0.2, 0.25) is 0 Å². The van der Waals surface area contributed by atoms with Gasteiger partial charge in [-0.25, -0.2) is 0 Å². The largest absolute Gasteiger partial charge is 0.461 e. The van der Waals surface area contributed by atoms with Crippen LogP contribution in [0.1, 0.15) is 41.1 Å². The van der Waals surface area contributed by atoms with Crippen molar-refractivity contribution in [1.29, 1.82) is 0 Å². The van der Waals surface area contributed by atoms with Crippen LogP contribution in [-0.2, 0) is 4.79 Å². The minimum absolute atomic E-state index is 0.302. The molecule has 1 saturated carbocycles. The normalized spacial score (nSPS) is 19.7. The van der Waals surface area contributed by atoms with E-state index in [1.165, 1.54) is 12.1 Å². The molecule has 118 valence electrons. The van der Waals surface area contributed by atoms with Gasteiger partial charge in [0.25, 0.3) is 0 Å². The van der Waals surface area contributed by atoms with E-state index in [0.29, 0.717) is 28.8 Å². The summed E-state index contributed by atoms with van der Waals surface area (Å²) in [6.45, 7) is 2.19. The summed E-state index contributed by atoms with van der Waals surface area (Å²) in [5, 5.41) is 2.68. The van der Waals surface area contributed by atoms with Crippen LogP contribution in [0.25, 0.3) is 6.08 Å². The van der Waals surface area contributed by atoms with Gasteiger partial charge < -0.3 is 15.5 Å². The van der Waals surface area contributed by atoms with Crippen molar-refractivity contribution >= 4 is 23.6 Å². The van der Waals surface area contributed by atoms with Crippen molar-refractivity contribution in [1.82, 2.24) is 0 Å². The molecule has 5 nitrogen and oxygen atoms in total. The highest BCUT2D eigenvalue weighted by atomic mass is 16.3. The van der Waals surface area contributed by atoms with Crippen LogP contribution in [0.5, 0.6) is 0 Å². The van der Waals surface area contributed by atoms with E-state index in [1.54, 1.807) is 24.3 Å². The van der Waals surface area contributed by atoms with Crippen molar-refractivity contribution in [3.8, 4) is 0 Å². The maximum atomic E-state index is 11.9. The monoisotopic (exact) mass is 310 g/mol. The third-order valence-corrected chi connectivity index (χ3v) is 3.94. The van der Waals surface area contributed by atoms with Gasteiger partial charge in [0, 0.05) is 23.2 Å². The van der Waals surface area contributed by atoms with Crippen LogP contribution < -0.4 is 11.1 Å². The van der Waals surface area contributed by atoms with E-state index in [1.807, 2.05) is 12.1 Å². The van der Waals surface area contributed by atoms with E-state index in [-0.39, 0.29) is 5.91 Å². The van der Waals surface area contributed by atoms with Gasteiger partial charge in [0.2, 0.25) is 11.8 Å². The molecule has 0 spiro atoms. The first kappa shape index (κ1) is 15.1. The number of nitrogens with two attached hydrogens (primary N) is 1. The molecule has 5 heteroatoms. The average molecular weight is 310 g/mol. The highest BCUT2D eigenvalue weighted by Crippen LogP contribution is 2.47. The number of benzene rings is 1. The molecule has 1 aromatic carbocycles. The smallest absolute Gasteiger partial charge is 0.248 e. The van der Waals surface area contributed by atoms with E-state index in [4.69, 9.17) is 10.2 Å². The van der Waals surface area contributed by atoms with Crippen molar-refractivity contribution in [3.05, 3.63) is 59.6 Å². The van der Waals surface area contributed by atoms with Gasteiger partial charge in [-0.15, -0.1) is 0 Å². The number of amides is 2. The molecular formula is C18H18N2O3. The van der Waals surface area contributed by atoms with Crippen LogP contribution in [0.4, 0.5) is 5.69 Å². The number of carbonyl (C=O) groups excluding carboxylic acids is 2.